The van der Waals surface area contributed by atoms with Crippen molar-refractivity contribution in [1.29, 1.82) is 0 Å². The molecule has 1 atom stereocenters. The van der Waals surface area contributed by atoms with E-state index in [1.807, 2.05) is 28.9 Å². The number of nitrogens with one attached hydrogen (secondary N) is 1. The molecule has 0 fully saturated rings. The van der Waals surface area contributed by atoms with Gasteiger partial charge in [0.1, 0.15) is 0 Å². The number of rotatable bonds is 3. The van der Waals surface area contributed by atoms with Gasteiger partial charge in [0.25, 0.3) is 5.91 Å². The van der Waals surface area contributed by atoms with Crippen molar-refractivity contribution in [3.63, 3.8) is 0 Å². The number of aromatic nitrogens is 2. The lowest BCUT2D eigenvalue weighted by Gasteiger charge is -2.27. The Morgan fingerprint density at radius 2 is 1.96 bits per heavy atom. The summed E-state index contributed by atoms with van der Waals surface area (Å²) >= 11 is 0. The number of nitrogens with zero attached hydrogens (tertiary/aromatic N) is 2. The van der Waals surface area contributed by atoms with E-state index in [2.05, 4.69) is 25.4 Å². The molecule has 2 N–H and O–H groups in total. The van der Waals surface area contributed by atoms with E-state index in [9.17, 15) is 9.90 Å². The average molecular weight is 339 g/mol. The molecule has 0 aliphatic heterocycles. The van der Waals surface area contributed by atoms with Crippen LogP contribution >= 0.6 is 0 Å². The van der Waals surface area contributed by atoms with Crippen LogP contribution in [0.1, 0.15) is 61.2 Å². The van der Waals surface area contributed by atoms with Gasteiger partial charge in [0, 0.05) is 25.1 Å². The lowest BCUT2D eigenvalue weighted by atomic mass is 9.92. The Morgan fingerprint density at radius 1 is 1.28 bits per heavy atom. The Morgan fingerprint density at radius 3 is 2.60 bits per heavy atom. The Bertz CT molecular complexity index is 784. The maximum Gasteiger partial charge on any atom is 0.253 e. The number of fused-ring (bicyclic) bond motifs is 2. The number of carbonyl (C=O) groups excluding carboxylic acids is 1. The summed E-state index contributed by atoms with van der Waals surface area (Å²) in [6.07, 6.45) is 5.77. The van der Waals surface area contributed by atoms with Crippen molar-refractivity contribution in [3.05, 3.63) is 52.8 Å². The van der Waals surface area contributed by atoms with Gasteiger partial charge in [-0.3, -0.25) is 9.48 Å². The number of hydrogen-bond acceptors (Lipinski definition) is 3. The SMILES string of the molecule is CC(C)n1cc2c(n1)C(NC(=O)C1(O)Cc3ccccc3C1)CCC2. The van der Waals surface area contributed by atoms with E-state index in [0.717, 1.165) is 36.1 Å². The summed E-state index contributed by atoms with van der Waals surface area (Å²) in [6, 6.07) is 8.08. The first-order valence-electron chi connectivity index (χ1n) is 9.14. The van der Waals surface area contributed by atoms with Crippen molar-refractivity contribution in [3.8, 4) is 0 Å². The third-order valence-electron chi connectivity index (χ3n) is 5.45. The van der Waals surface area contributed by atoms with Crippen LogP contribution in [0.15, 0.2) is 30.5 Å². The van der Waals surface area contributed by atoms with Crippen molar-refractivity contribution < 1.29 is 9.90 Å². The summed E-state index contributed by atoms with van der Waals surface area (Å²) in [5.74, 6) is -0.277. The lowest BCUT2D eigenvalue weighted by Crippen LogP contribution is -2.49. The van der Waals surface area contributed by atoms with Gasteiger partial charge in [0.2, 0.25) is 0 Å². The monoisotopic (exact) mass is 339 g/mol. The molecule has 4 rings (SSSR count). The van der Waals surface area contributed by atoms with Gasteiger partial charge in [-0.1, -0.05) is 24.3 Å². The standard InChI is InChI=1S/C20H25N3O2/c1-13(2)23-12-16-8-5-9-17(18(16)22-23)21-19(24)20(25)10-14-6-3-4-7-15(14)11-20/h3-4,6-7,12-13,17,25H,5,8-11H2,1-2H3,(H,21,24). The molecule has 2 aromatic rings. The number of hydrogen-bond donors (Lipinski definition) is 2. The molecule has 1 heterocycles. The van der Waals surface area contributed by atoms with E-state index in [-0.39, 0.29) is 11.9 Å². The van der Waals surface area contributed by atoms with Crippen LogP contribution in [0, 0.1) is 0 Å². The van der Waals surface area contributed by atoms with Crippen LogP contribution in [0.25, 0.3) is 0 Å². The second-order valence-electron chi connectivity index (χ2n) is 7.69. The summed E-state index contributed by atoms with van der Waals surface area (Å²) in [5, 5.41) is 18.7. The molecular formula is C20H25N3O2. The largest absolute Gasteiger partial charge is 0.379 e. The molecule has 132 valence electrons. The van der Waals surface area contributed by atoms with Crippen molar-refractivity contribution in [2.45, 2.75) is 63.6 Å². The summed E-state index contributed by atoms with van der Waals surface area (Å²) in [6.45, 7) is 4.20. The molecule has 1 aromatic heterocycles. The minimum atomic E-state index is -1.35. The highest BCUT2D eigenvalue weighted by Gasteiger charge is 2.43. The van der Waals surface area contributed by atoms with Gasteiger partial charge in [-0.05, 0) is 49.8 Å². The zero-order valence-corrected chi connectivity index (χ0v) is 14.8. The molecule has 2 aliphatic rings. The van der Waals surface area contributed by atoms with E-state index in [4.69, 9.17) is 5.10 Å². The Labute approximate surface area is 148 Å². The second kappa shape index (κ2) is 5.99. The Kier molecular flexibility index (Phi) is 3.91. The minimum Gasteiger partial charge on any atom is -0.379 e. The normalized spacial score (nSPS) is 21.0. The van der Waals surface area contributed by atoms with Crippen molar-refractivity contribution in [2.24, 2.45) is 0 Å². The Balaban J connectivity index is 1.53. The predicted molar refractivity (Wildman–Crippen MR) is 95.2 cm³/mol. The van der Waals surface area contributed by atoms with Gasteiger partial charge in [0.05, 0.1) is 11.7 Å². The molecule has 0 radical (unpaired) electrons. The predicted octanol–water partition coefficient (Wildman–Crippen LogP) is 2.49. The number of aliphatic hydroxyl groups is 1. The van der Waals surface area contributed by atoms with Gasteiger partial charge in [-0.15, -0.1) is 0 Å². The summed E-state index contributed by atoms with van der Waals surface area (Å²) in [5.41, 5.74) is 2.96. The number of amides is 1. The summed E-state index contributed by atoms with van der Waals surface area (Å²) in [4.78, 5) is 12.9. The fraction of sp³-hybridized carbons (Fsp3) is 0.500. The lowest BCUT2D eigenvalue weighted by molar-refractivity contribution is -0.139. The molecule has 1 unspecified atom stereocenters. The molecule has 25 heavy (non-hydrogen) atoms. The van der Waals surface area contributed by atoms with Crippen molar-refractivity contribution >= 4 is 5.91 Å². The topological polar surface area (TPSA) is 67.2 Å². The third-order valence-corrected chi connectivity index (χ3v) is 5.45. The van der Waals surface area contributed by atoms with Crippen LogP contribution in [-0.2, 0) is 24.1 Å². The maximum atomic E-state index is 12.9. The molecule has 0 bridgehead atoms. The highest BCUT2D eigenvalue weighted by molar-refractivity contribution is 5.87. The molecule has 1 aromatic carbocycles. The van der Waals surface area contributed by atoms with E-state index in [0.29, 0.717) is 18.9 Å². The highest BCUT2D eigenvalue weighted by atomic mass is 16.3. The van der Waals surface area contributed by atoms with E-state index in [1.165, 1.54) is 5.56 Å². The molecule has 2 aliphatic carbocycles. The zero-order valence-electron chi connectivity index (χ0n) is 14.8. The first kappa shape index (κ1) is 16.3. The highest BCUT2D eigenvalue weighted by Crippen LogP contribution is 2.33. The van der Waals surface area contributed by atoms with Gasteiger partial charge in [-0.2, -0.15) is 5.10 Å². The smallest absolute Gasteiger partial charge is 0.253 e. The summed E-state index contributed by atoms with van der Waals surface area (Å²) < 4.78 is 1.97. The molecule has 1 amide bonds. The number of carbonyl (C=O) groups is 1. The van der Waals surface area contributed by atoms with Crippen molar-refractivity contribution in [2.75, 3.05) is 0 Å². The average Bonchev–Trinajstić information content (AvgIpc) is 3.16. The molecule has 5 nitrogen and oxygen atoms in total. The van der Waals surface area contributed by atoms with Crippen LogP contribution in [0.5, 0.6) is 0 Å². The fourth-order valence-electron chi connectivity index (χ4n) is 4.02. The fourth-order valence-corrected chi connectivity index (χ4v) is 4.02. The molecule has 0 spiro atoms. The molecular weight excluding hydrogens is 314 g/mol. The van der Waals surface area contributed by atoms with Crippen molar-refractivity contribution in [1.82, 2.24) is 15.1 Å². The van der Waals surface area contributed by atoms with E-state index in [1.54, 1.807) is 0 Å². The zero-order chi connectivity index (χ0) is 17.6. The molecule has 0 saturated heterocycles. The number of benzene rings is 1. The maximum absolute atomic E-state index is 12.9. The number of aryl methyl sites for hydroxylation is 1. The third kappa shape index (κ3) is 2.86. The second-order valence-corrected chi connectivity index (χ2v) is 7.69. The first-order chi connectivity index (χ1) is 12.0. The van der Waals surface area contributed by atoms with Crippen LogP contribution in [-0.4, -0.2) is 26.4 Å². The van der Waals surface area contributed by atoms with Crippen LogP contribution in [0.3, 0.4) is 0 Å². The van der Waals surface area contributed by atoms with E-state index < -0.39 is 5.60 Å². The van der Waals surface area contributed by atoms with Crippen LogP contribution in [0.4, 0.5) is 0 Å². The molecule has 0 saturated carbocycles. The first-order valence-corrected chi connectivity index (χ1v) is 9.14. The quantitative estimate of drug-likeness (QED) is 0.903. The van der Waals surface area contributed by atoms with Crippen LogP contribution < -0.4 is 5.32 Å². The van der Waals surface area contributed by atoms with Gasteiger partial charge in [-0.25, -0.2) is 0 Å². The minimum absolute atomic E-state index is 0.107. The van der Waals surface area contributed by atoms with Gasteiger partial charge >= 0.3 is 0 Å². The summed E-state index contributed by atoms with van der Waals surface area (Å²) in [7, 11) is 0. The van der Waals surface area contributed by atoms with Gasteiger partial charge in [0.15, 0.2) is 5.60 Å². The Hall–Kier alpha value is -2.14. The van der Waals surface area contributed by atoms with Crippen LogP contribution in [0.2, 0.25) is 0 Å². The van der Waals surface area contributed by atoms with E-state index >= 15 is 0 Å². The molecule has 5 heteroatoms. The van der Waals surface area contributed by atoms with Gasteiger partial charge < -0.3 is 10.4 Å².